The zero-order chi connectivity index (χ0) is 13.0. The lowest BCUT2D eigenvalue weighted by molar-refractivity contribution is -0.384. The van der Waals surface area contributed by atoms with Crippen LogP contribution in [0.15, 0.2) is 35.8 Å². The summed E-state index contributed by atoms with van der Waals surface area (Å²) < 4.78 is 0. The Bertz CT molecular complexity index is 528. The Kier molecular flexibility index (Phi) is 4.01. The van der Waals surface area contributed by atoms with Crippen LogP contribution in [0.25, 0.3) is 0 Å². The minimum Gasteiger partial charge on any atom is -0.304 e. The minimum absolute atomic E-state index is 0.121. The zero-order valence-corrected chi connectivity index (χ0v) is 10.7. The van der Waals surface area contributed by atoms with Gasteiger partial charge in [-0.25, -0.2) is 4.98 Å². The summed E-state index contributed by atoms with van der Waals surface area (Å²) in [6, 6.07) is 6.79. The van der Waals surface area contributed by atoms with Gasteiger partial charge in [0.2, 0.25) is 0 Å². The predicted octanol–water partition coefficient (Wildman–Crippen LogP) is 2.90. The van der Waals surface area contributed by atoms with Gasteiger partial charge in [-0.2, -0.15) is 0 Å². The normalized spacial score (nSPS) is 12.3. The molecule has 94 valence electrons. The first-order valence-electron chi connectivity index (χ1n) is 5.53. The Balaban J connectivity index is 1.98. The smallest absolute Gasteiger partial charge is 0.269 e. The van der Waals surface area contributed by atoms with Crippen LogP contribution in [0.4, 0.5) is 5.69 Å². The van der Waals surface area contributed by atoms with E-state index in [9.17, 15) is 10.1 Å². The van der Waals surface area contributed by atoms with Gasteiger partial charge in [-0.3, -0.25) is 10.1 Å². The van der Waals surface area contributed by atoms with Crippen molar-refractivity contribution in [3.05, 3.63) is 56.5 Å². The van der Waals surface area contributed by atoms with E-state index in [1.807, 2.05) is 18.4 Å². The third-order valence-electron chi connectivity index (χ3n) is 2.56. The van der Waals surface area contributed by atoms with Crippen LogP contribution < -0.4 is 5.32 Å². The summed E-state index contributed by atoms with van der Waals surface area (Å²) in [6.45, 7) is 2.61. The van der Waals surface area contributed by atoms with Crippen molar-refractivity contribution in [3.63, 3.8) is 0 Å². The van der Waals surface area contributed by atoms with Crippen LogP contribution in [0.5, 0.6) is 0 Å². The highest BCUT2D eigenvalue weighted by atomic mass is 32.1. The third kappa shape index (κ3) is 3.12. The molecule has 2 rings (SSSR count). The number of rotatable bonds is 5. The number of aromatic nitrogens is 1. The van der Waals surface area contributed by atoms with Gasteiger partial charge in [-0.05, 0) is 12.5 Å². The number of hydrogen-bond acceptors (Lipinski definition) is 5. The van der Waals surface area contributed by atoms with Gasteiger partial charge in [-0.1, -0.05) is 12.1 Å². The summed E-state index contributed by atoms with van der Waals surface area (Å²) in [5.41, 5.74) is 1.02. The van der Waals surface area contributed by atoms with Crippen molar-refractivity contribution in [2.45, 2.75) is 19.5 Å². The Hall–Kier alpha value is -1.79. The molecular formula is C12H13N3O2S. The average molecular weight is 263 g/mol. The Labute approximate surface area is 109 Å². The highest BCUT2D eigenvalue weighted by molar-refractivity contribution is 7.09. The summed E-state index contributed by atoms with van der Waals surface area (Å²) in [5.74, 6) is 0. The van der Waals surface area contributed by atoms with Gasteiger partial charge < -0.3 is 5.32 Å². The van der Waals surface area contributed by atoms with Crippen LogP contribution in [0.1, 0.15) is 23.5 Å². The van der Waals surface area contributed by atoms with Crippen LogP contribution in [0, 0.1) is 10.1 Å². The summed E-state index contributed by atoms with van der Waals surface area (Å²) >= 11 is 1.59. The molecule has 0 saturated heterocycles. The summed E-state index contributed by atoms with van der Waals surface area (Å²) in [7, 11) is 0. The van der Waals surface area contributed by atoms with E-state index in [4.69, 9.17) is 0 Å². The van der Waals surface area contributed by atoms with Gasteiger partial charge in [0.1, 0.15) is 5.01 Å². The predicted molar refractivity (Wildman–Crippen MR) is 70.5 cm³/mol. The molecule has 0 fully saturated rings. The molecule has 2 aromatic rings. The van der Waals surface area contributed by atoms with Crippen LogP contribution >= 0.6 is 11.3 Å². The number of benzene rings is 1. The first-order chi connectivity index (χ1) is 8.66. The highest BCUT2D eigenvalue weighted by Crippen LogP contribution is 2.17. The van der Waals surface area contributed by atoms with Gasteiger partial charge >= 0.3 is 0 Å². The molecule has 1 N–H and O–H groups in total. The van der Waals surface area contributed by atoms with Crippen molar-refractivity contribution in [3.8, 4) is 0 Å². The molecule has 0 amide bonds. The second-order valence-corrected chi connectivity index (χ2v) is 4.83. The van der Waals surface area contributed by atoms with Crippen molar-refractivity contribution in [1.29, 1.82) is 0 Å². The standard InChI is InChI=1S/C12H13N3O2S/c1-9(12-13-5-6-18-12)14-8-10-3-2-4-11(7-10)15(16)17/h2-7,9,14H,8H2,1H3. The molecule has 0 aliphatic rings. The third-order valence-corrected chi connectivity index (χ3v) is 3.51. The quantitative estimate of drug-likeness (QED) is 0.665. The van der Waals surface area contributed by atoms with Gasteiger partial charge in [0, 0.05) is 30.3 Å². The fourth-order valence-electron chi connectivity index (χ4n) is 1.59. The van der Waals surface area contributed by atoms with E-state index in [0.717, 1.165) is 10.6 Å². The molecule has 1 atom stereocenters. The highest BCUT2D eigenvalue weighted by Gasteiger charge is 2.09. The van der Waals surface area contributed by atoms with E-state index in [1.165, 1.54) is 6.07 Å². The van der Waals surface area contributed by atoms with Crippen molar-refractivity contribution < 1.29 is 4.92 Å². The lowest BCUT2D eigenvalue weighted by atomic mass is 10.2. The molecule has 1 unspecified atom stereocenters. The van der Waals surface area contributed by atoms with Gasteiger partial charge in [-0.15, -0.1) is 11.3 Å². The summed E-state index contributed by atoms with van der Waals surface area (Å²) in [5, 5.41) is 16.9. The number of nitro groups is 1. The van der Waals surface area contributed by atoms with Crippen molar-refractivity contribution in [2.24, 2.45) is 0 Å². The second kappa shape index (κ2) is 5.70. The first kappa shape index (κ1) is 12.7. The monoisotopic (exact) mass is 263 g/mol. The van der Waals surface area contributed by atoms with E-state index in [1.54, 1.807) is 29.7 Å². The average Bonchev–Trinajstić information content (AvgIpc) is 2.90. The van der Waals surface area contributed by atoms with Gasteiger partial charge in [0.05, 0.1) is 11.0 Å². The number of nitrogens with one attached hydrogen (secondary N) is 1. The van der Waals surface area contributed by atoms with Crippen LogP contribution in [-0.4, -0.2) is 9.91 Å². The molecule has 0 aliphatic carbocycles. The van der Waals surface area contributed by atoms with Crippen molar-refractivity contribution in [2.75, 3.05) is 0 Å². The van der Waals surface area contributed by atoms with E-state index < -0.39 is 0 Å². The molecule has 0 bridgehead atoms. The number of nitrogens with zero attached hydrogens (tertiary/aromatic N) is 2. The van der Waals surface area contributed by atoms with E-state index in [-0.39, 0.29) is 16.7 Å². The van der Waals surface area contributed by atoms with Crippen LogP contribution in [0.3, 0.4) is 0 Å². The van der Waals surface area contributed by atoms with Gasteiger partial charge in [0.25, 0.3) is 5.69 Å². The molecule has 5 nitrogen and oxygen atoms in total. The lowest BCUT2D eigenvalue weighted by Crippen LogP contribution is -2.17. The van der Waals surface area contributed by atoms with Crippen LogP contribution in [-0.2, 0) is 6.54 Å². The Morgan fingerprint density at radius 2 is 2.39 bits per heavy atom. The lowest BCUT2D eigenvalue weighted by Gasteiger charge is -2.10. The maximum absolute atomic E-state index is 10.7. The number of non-ortho nitro benzene ring substituents is 1. The molecule has 1 heterocycles. The Morgan fingerprint density at radius 3 is 3.06 bits per heavy atom. The molecule has 18 heavy (non-hydrogen) atoms. The van der Waals surface area contributed by atoms with E-state index >= 15 is 0 Å². The molecule has 0 saturated carbocycles. The van der Waals surface area contributed by atoms with Gasteiger partial charge in [0.15, 0.2) is 0 Å². The summed E-state index contributed by atoms with van der Waals surface area (Å²) in [4.78, 5) is 14.5. The number of nitro benzene ring substituents is 1. The van der Waals surface area contributed by atoms with E-state index in [0.29, 0.717) is 6.54 Å². The molecule has 6 heteroatoms. The molecular weight excluding hydrogens is 250 g/mol. The SMILES string of the molecule is CC(NCc1cccc([N+](=O)[O-])c1)c1nccs1. The first-order valence-corrected chi connectivity index (χ1v) is 6.41. The molecule has 0 radical (unpaired) electrons. The van der Waals surface area contributed by atoms with Crippen molar-refractivity contribution in [1.82, 2.24) is 10.3 Å². The van der Waals surface area contributed by atoms with E-state index in [2.05, 4.69) is 10.3 Å². The molecule has 0 aliphatic heterocycles. The zero-order valence-electron chi connectivity index (χ0n) is 9.87. The maximum Gasteiger partial charge on any atom is 0.269 e. The fraction of sp³-hybridized carbons (Fsp3) is 0.250. The number of thiazole rings is 1. The second-order valence-electron chi connectivity index (χ2n) is 3.90. The topological polar surface area (TPSA) is 68.1 Å². The fourth-order valence-corrected chi connectivity index (χ4v) is 2.26. The summed E-state index contributed by atoms with van der Waals surface area (Å²) in [6.07, 6.45) is 1.77. The molecule has 1 aromatic heterocycles. The Morgan fingerprint density at radius 1 is 1.56 bits per heavy atom. The van der Waals surface area contributed by atoms with Crippen LogP contribution in [0.2, 0.25) is 0 Å². The molecule has 1 aromatic carbocycles. The molecule has 0 spiro atoms. The maximum atomic E-state index is 10.7. The number of hydrogen-bond donors (Lipinski definition) is 1. The van der Waals surface area contributed by atoms with Crippen molar-refractivity contribution >= 4 is 17.0 Å². The largest absolute Gasteiger partial charge is 0.304 e. The minimum atomic E-state index is -0.381.